The van der Waals surface area contributed by atoms with Crippen LogP contribution in [0.1, 0.15) is 51.3 Å². The van der Waals surface area contributed by atoms with E-state index in [0.717, 1.165) is 48.7 Å². The van der Waals surface area contributed by atoms with Crippen LogP contribution in [0.25, 0.3) is 10.9 Å². The molecule has 0 amide bonds. The van der Waals surface area contributed by atoms with E-state index >= 15 is 0 Å². The Hall–Kier alpha value is -4.02. The number of nitrogens with zero attached hydrogens (tertiary/aromatic N) is 6. The lowest BCUT2D eigenvalue weighted by molar-refractivity contribution is -0.137. The molecule has 3 aromatic heterocycles. The number of benzene rings is 2. The number of aromatic nitrogens is 5. The first kappa shape index (κ1) is 28.1. The molecule has 42 heavy (non-hydrogen) atoms. The van der Waals surface area contributed by atoms with Crippen molar-refractivity contribution in [1.29, 1.82) is 0 Å². The minimum Gasteiger partial charge on any atom is -0.374 e. The highest BCUT2D eigenvalue weighted by Gasteiger charge is 2.39. The normalized spacial score (nSPS) is 15.1. The zero-order valence-electron chi connectivity index (χ0n) is 23.2. The molecule has 0 spiro atoms. The Kier molecular flexibility index (Phi) is 6.93. The van der Waals surface area contributed by atoms with Crippen LogP contribution >= 0.6 is 11.6 Å². The van der Waals surface area contributed by atoms with Gasteiger partial charge in [-0.3, -0.25) is 4.98 Å². The smallest absolute Gasteiger partial charge is 0.374 e. The maximum atomic E-state index is 13.2. The number of alkyl halides is 3. The molecule has 216 valence electrons. The molecule has 1 saturated heterocycles. The van der Waals surface area contributed by atoms with E-state index in [1.807, 2.05) is 44.2 Å². The quantitative estimate of drug-likeness (QED) is 0.255. The van der Waals surface area contributed by atoms with Crippen LogP contribution in [0.2, 0.25) is 5.02 Å². The van der Waals surface area contributed by atoms with Crippen LogP contribution in [0, 0.1) is 13.8 Å². The third kappa shape index (κ3) is 4.78. The van der Waals surface area contributed by atoms with E-state index < -0.39 is 17.3 Å². The Morgan fingerprint density at radius 3 is 2.26 bits per heavy atom. The molecular weight excluding hydrogens is 565 g/mol. The molecule has 1 atom stereocenters. The fourth-order valence-electron chi connectivity index (χ4n) is 5.57. The number of rotatable bonds is 6. The predicted octanol–water partition coefficient (Wildman–Crippen LogP) is 6.13. The summed E-state index contributed by atoms with van der Waals surface area (Å²) >= 11 is 7.13. The Morgan fingerprint density at radius 2 is 1.67 bits per heavy atom. The third-order valence-electron chi connectivity index (χ3n) is 7.93. The lowest BCUT2D eigenvalue weighted by atomic mass is 9.82. The Morgan fingerprint density at radius 1 is 0.952 bits per heavy atom. The number of aliphatic hydroxyl groups is 1. The fraction of sp³-hybridized carbons (Fsp3) is 0.290. The first-order valence-corrected chi connectivity index (χ1v) is 13.9. The molecule has 1 N–H and O–H groups in total. The van der Waals surface area contributed by atoms with Crippen molar-refractivity contribution >= 4 is 28.3 Å². The van der Waals surface area contributed by atoms with Crippen molar-refractivity contribution in [1.82, 2.24) is 25.0 Å². The van der Waals surface area contributed by atoms with Crippen molar-refractivity contribution in [3.05, 3.63) is 111 Å². The van der Waals surface area contributed by atoms with Gasteiger partial charge in [0.25, 0.3) is 0 Å². The van der Waals surface area contributed by atoms with Gasteiger partial charge in [-0.25, -0.2) is 9.67 Å². The highest BCUT2D eigenvalue weighted by Crippen LogP contribution is 2.42. The molecule has 1 unspecified atom stereocenters. The lowest BCUT2D eigenvalue weighted by Gasteiger charge is -2.34. The van der Waals surface area contributed by atoms with Crippen LogP contribution in [-0.2, 0) is 25.2 Å². The van der Waals surface area contributed by atoms with Gasteiger partial charge in [0, 0.05) is 54.5 Å². The summed E-state index contributed by atoms with van der Waals surface area (Å²) in [6.07, 6.45) is -1.57. The molecule has 2 aromatic carbocycles. The Bertz CT molecular complexity index is 1800. The summed E-state index contributed by atoms with van der Waals surface area (Å²) < 4.78 is 41.0. The molecular formula is C31H28ClF3N6O. The second kappa shape index (κ2) is 10.4. The number of halogens is 4. The number of anilines is 1. The number of hydrogen-bond donors (Lipinski definition) is 1. The zero-order chi connectivity index (χ0) is 29.8. The van der Waals surface area contributed by atoms with E-state index in [-0.39, 0.29) is 0 Å². The molecule has 0 radical (unpaired) electrons. The molecule has 0 bridgehead atoms. The summed E-state index contributed by atoms with van der Waals surface area (Å²) in [5.74, 6) is 0.719. The van der Waals surface area contributed by atoms with E-state index in [9.17, 15) is 18.3 Å². The predicted molar refractivity (Wildman–Crippen MR) is 155 cm³/mol. The van der Waals surface area contributed by atoms with Gasteiger partial charge >= 0.3 is 6.18 Å². The first-order chi connectivity index (χ1) is 20.0. The standard InChI is InChI=1S/C31H28ClF3N6O/c1-18-5-11-25(19(2)37-18)30(42,27-17-36-39-40(27)3)22-10-12-26-23(16-22)28(32)24(29(38-26)41-13-4-14-41)15-20-6-8-21(9-7-20)31(33,34)35/h5-12,16-17,42H,4,13-15H2,1-3H3. The molecule has 0 saturated carbocycles. The summed E-state index contributed by atoms with van der Waals surface area (Å²) in [6, 6.07) is 14.3. The van der Waals surface area contributed by atoms with Crippen molar-refractivity contribution in [2.75, 3.05) is 18.0 Å². The maximum Gasteiger partial charge on any atom is 0.416 e. The van der Waals surface area contributed by atoms with Crippen molar-refractivity contribution in [2.24, 2.45) is 7.05 Å². The zero-order valence-corrected chi connectivity index (χ0v) is 24.0. The average molecular weight is 593 g/mol. The van der Waals surface area contributed by atoms with Gasteiger partial charge in [-0.1, -0.05) is 41.1 Å². The topological polar surface area (TPSA) is 80.0 Å². The first-order valence-electron chi connectivity index (χ1n) is 13.5. The summed E-state index contributed by atoms with van der Waals surface area (Å²) in [6.45, 7) is 5.37. The van der Waals surface area contributed by atoms with E-state index in [2.05, 4.69) is 20.2 Å². The van der Waals surface area contributed by atoms with Crippen LogP contribution in [0.15, 0.2) is 60.8 Å². The molecule has 1 aliphatic rings. The third-order valence-corrected chi connectivity index (χ3v) is 8.36. The van der Waals surface area contributed by atoms with Crippen LogP contribution < -0.4 is 4.90 Å². The lowest BCUT2D eigenvalue weighted by Crippen LogP contribution is -2.38. The largest absolute Gasteiger partial charge is 0.416 e. The Balaban J connectivity index is 1.52. The summed E-state index contributed by atoms with van der Waals surface area (Å²) in [5, 5.41) is 21.6. The van der Waals surface area contributed by atoms with E-state index in [1.165, 1.54) is 23.0 Å². The molecule has 11 heteroatoms. The summed E-state index contributed by atoms with van der Waals surface area (Å²) in [5.41, 5.74) is 2.70. The van der Waals surface area contributed by atoms with Crippen molar-refractivity contribution in [3.63, 3.8) is 0 Å². The van der Waals surface area contributed by atoms with E-state index in [1.54, 1.807) is 7.05 Å². The van der Waals surface area contributed by atoms with Gasteiger partial charge in [-0.05, 0) is 61.7 Å². The monoisotopic (exact) mass is 592 g/mol. The number of fused-ring (bicyclic) bond motifs is 1. The van der Waals surface area contributed by atoms with Crippen LogP contribution in [0.4, 0.5) is 19.0 Å². The van der Waals surface area contributed by atoms with Gasteiger partial charge < -0.3 is 10.0 Å². The number of hydrogen-bond acceptors (Lipinski definition) is 6. The summed E-state index contributed by atoms with van der Waals surface area (Å²) in [4.78, 5) is 11.7. The Labute approximate surface area is 245 Å². The number of pyridine rings is 2. The minimum absolute atomic E-state index is 0.298. The molecule has 5 aromatic rings. The second-order valence-corrected chi connectivity index (χ2v) is 11.1. The van der Waals surface area contributed by atoms with E-state index in [4.69, 9.17) is 16.6 Å². The van der Waals surface area contributed by atoms with Crippen molar-refractivity contribution < 1.29 is 18.3 Å². The molecule has 7 nitrogen and oxygen atoms in total. The molecule has 1 fully saturated rings. The number of aryl methyl sites for hydroxylation is 3. The minimum atomic E-state index is -4.41. The molecule has 4 heterocycles. The molecule has 0 aliphatic carbocycles. The summed E-state index contributed by atoms with van der Waals surface area (Å²) in [7, 11) is 1.71. The van der Waals surface area contributed by atoms with E-state index in [0.29, 0.717) is 50.4 Å². The fourth-order valence-corrected chi connectivity index (χ4v) is 5.87. The van der Waals surface area contributed by atoms with Crippen LogP contribution in [0.3, 0.4) is 0 Å². The maximum absolute atomic E-state index is 13.2. The molecule has 1 aliphatic heterocycles. The highest BCUT2D eigenvalue weighted by atomic mass is 35.5. The highest BCUT2D eigenvalue weighted by molar-refractivity contribution is 6.36. The van der Waals surface area contributed by atoms with Crippen LogP contribution in [-0.4, -0.2) is 43.2 Å². The van der Waals surface area contributed by atoms with Crippen LogP contribution in [0.5, 0.6) is 0 Å². The van der Waals surface area contributed by atoms with Gasteiger partial charge in [0.05, 0.1) is 28.0 Å². The van der Waals surface area contributed by atoms with Crippen molar-refractivity contribution in [2.45, 2.75) is 38.5 Å². The van der Waals surface area contributed by atoms with Gasteiger partial charge in [0.15, 0.2) is 5.60 Å². The molecule has 6 rings (SSSR count). The SMILES string of the molecule is Cc1ccc(C(O)(c2ccc3nc(N4CCC4)c(Cc4ccc(C(F)(F)F)cc4)c(Cl)c3c2)c2cnnn2C)c(C)n1. The van der Waals surface area contributed by atoms with Gasteiger partial charge in [0.2, 0.25) is 0 Å². The average Bonchev–Trinajstić information content (AvgIpc) is 3.35. The van der Waals surface area contributed by atoms with Gasteiger partial charge in [-0.2, -0.15) is 13.2 Å². The second-order valence-electron chi connectivity index (χ2n) is 10.7. The van der Waals surface area contributed by atoms with Gasteiger partial charge in [0.1, 0.15) is 5.82 Å². The van der Waals surface area contributed by atoms with Gasteiger partial charge in [-0.15, -0.1) is 5.10 Å². The van der Waals surface area contributed by atoms with Crippen molar-refractivity contribution in [3.8, 4) is 0 Å².